The molecular formula is C13H19N3O2S. The van der Waals surface area contributed by atoms with Gasteiger partial charge in [-0.1, -0.05) is 25.2 Å². The summed E-state index contributed by atoms with van der Waals surface area (Å²) < 4.78 is 5.20. The Morgan fingerprint density at radius 1 is 1.42 bits per heavy atom. The molecule has 0 saturated carbocycles. The van der Waals surface area contributed by atoms with E-state index in [9.17, 15) is 4.79 Å². The van der Waals surface area contributed by atoms with Crippen molar-refractivity contribution in [2.75, 3.05) is 20.2 Å². The number of likely N-dealkylation sites (N-methyl/N-ethyl adjacent to an activating group) is 1. The quantitative estimate of drug-likeness (QED) is 0.717. The Morgan fingerprint density at radius 2 is 2.11 bits per heavy atom. The van der Waals surface area contributed by atoms with Crippen LogP contribution < -0.4 is 16.2 Å². The lowest BCUT2D eigenvalue weighted by Crippen LogP contribution is -2.33. The van der Waals surface area contributed by atoms with Crippen LogP contribution in [0.3, 0.4) is 0 Å². The second-order valence-electron chi connectivity index (χ2n) is 4.17. The summed E-state index contributed by atoms with van der Waals surface area (Å²) in [6.45, 7) is 3.54. The van der Waals surface area contributed by atoms with Gasteiger partial charge in [-0.3, -0.25) is 9.69 Å². The van der Waals surface area contributed by atoms with Crippen LogP contribution in [-0.2, 0) is 11.3 Å². The second kappa shape index (κ2) is 7.06. The number of nitrogens with two attached hydrogens (primary N) is 2. The fourth-order valence-corrected chi connectivity index (χ4v) is 1.96. The zero-order chi connectivity index (χ0) is 14.4. The van der Waals surface area contributed by atoms with E-state index < -0.39 is 0 Å². The second-order valence-corrected chi connectivity index (χ2v) is 4.61. The Labute approximate surface area is 118 Å². The molecule has 6 heteroatoms. The number of primary amides is 1. The van der Waals surface area contributed by atoms with Gasteiger partial charge in [0.15, 0.2) is 0 Å². The summed E-state index contributed by atoms with van der Waals surface area (Å²) in [7, 11) is 1.57. The number of ether oxygens (including phenoxy) is 1. The zero-order valence-electron chi connectivity index (χ0n) is 11.2. The molecular weight excluding hydrogens is 262 g/mol. The standard InChI is InChI=1S/C13H19N3O2S/c1-3-16(8-12(14)17)7-9-4-5-11(18-2)10(6-9)13(15)19/h4-6H,3,7-8H2,1-2H3,(H2,14,17)(H2,15,19). The van der Waals surface area contributed by atoms with Gasteiger partial charge < -0.3 is 16.2 Å². The summed E-state index contributed by atoms with van der Waals surface area (Å²) in [6.07, 6.45) is 0. The monoisotopic (exact) mass is 281 g/mol. The molecule has 0 aromatic heterocycles. The molecule has 0 aliphatic carbocycles. The Bertz CT molecular complexity index is 477. The van der Waals surface area contributed by atoms with Gasteiger partial charge in [-0.2, -0.15) is 0 Å². The smallest absolute Gasteiger partial charge is 0.231 e. The van der Waals surface area contributed by atoms with Gasteiger partial charge in [0, 0.05) is 6.54 Å². The number of hydrogen-bond acceptors (Lipinski definition) is 4. The highest BCUT2D eigenvalue weighted by Crippen LogP contribution is 2.20. The summed E-state index contributed by atoms with van der Waals surface area (Å²) in [6, 6.07) is 5.62. The first kappa shape index (κ1) is 15.4. The number of rotatable bonds is 7. The normalized spacial score (nSPS) is 10.5. The topological polar surface area (TPSA) is 81.6 Å². The third-order valence-corrected chi connectivity index (χ3v) is 2.98. The van der Waals surface area contributed by atoms with Gasteiger partial charge in [-0.25, -0.2) is 0 Å². The molecule has 0 aliphatic heterocycles. The summed E-state index contributed by atoms with van der Waals surface area (Å²) in [4.78, 5) is 13.2. The Hall–Kier alpha value is -1.66. The van der Waals surface area contributed by atoms with E-state index >= 15 is 0 Å². The molecule has 1 amide bonds. The first-order chi connectivity index (χ1) is 8.97. The molecule has 1 rings (SSSR count). The van der Waals surface area contributed by atoms with Gasteiger partial charge in [0.05, 0.1) is 19.2 Å². The zero-order valence-corrected chi connectivity index (χ0v) is 12.0. The molecule has 0 saturated heterocycles. The number of methoxy groups -OCH3 is 1. The molecule has 1 aromatic carbocycles. The van der Waals surface area contributed by atoms with Crippen LogP contribution >= 0.6 is 12.2 Å². The van der Waals surface area contributed by atoms with Gasteiger partial charge >= 0.3 is 0 Å². The van der Waals surface area contributed by atoms with Crippen molar-refractivity contribution in [2.45, 2.75) is 13.5 Å². The van der Waals surface area contributed by atoms with Crippen LogP contribution in [0.5, 0.6) is 5.75 Å². The molecule has 104 valence electrons. The Balaban J connectivity index is 2.92. The molecule has 5 nitrogen and oxygen atoms in total. The number of carbonyl (C=O) groups is 1. The van der Waals surface area contributed by atoms with Crippen LogP contribution in [0.25, 0.3) is 0 Å². The predicted molar refractivity (Wildman–Crippen MR) is 79.0 cm³/mol. The molecule has 19 heavy (non-hydrogen) atoms. The van der Waals surface area contributed by atoms with Crippen LogP contribution in [0.15, 0.2) is 18.2 Å². The van der Waals surface area contributed by atoms with E-state index in [1.807, 2.05) is 30.0 Å². The van der Waals surface area contributed by atoms with E-state index in [1.54, 1.807) is 7.11 Å². The fourth-order valence-electron chi connectivity index (χ4n) is 1.80. The van der Waals surface area contributed by atoms with Crippen LogP contribution in [-0.4, -0.2) is 36.0 Å². The van der Waals surface area contributed by atoms with Crippen LogP contribution in [0.1, 0.15) is 18.1 Å². The molecule has 0 fully saturated rings. The minimum absolute atomic E-state index is 0.227. The first-order valence-electron chi connectivity index (χ1n) is 5.95. The molecule has 0 aliphatic rings. The SMILES string of the molecule is CCN(CC(N)=O)Cc1ccc(OC)c(C(N)=S)c1. The van der Waals surface area contributed by atoms with E-state index in [-0.39, 0.29) is 17.4 Å². The molecule has 0 unspecified atom stereocenters. The molecule has 0 heterocycles. The molecule has 4 N–H and O–H groups in total. The van der Waals surface area contributed by atoms with E-state index in [1.165, 1.54) is 0 Å². The number of carbonyl (C=O) groups excluding carboxylic acids is 1. The average molecular weight is 281 g/mol. The van der Waals surface area contributed by atoms with Gasteiger partial charge in [-0.05, 0) is 24.2 Å². The summed E-state index contributed by atoms with van der Waals surface area (Å²) in [5.41, 5.74) is 12.6. The number of thiocarbonyl (C=S) groups is 1. The molecule has 0 atom stereocenters. The number of amides is 1. The highest BCUT2D eigenvalue weighted by molar-refractivity contribution is 7.80. The largest absolute Gasteiger partial charge is 0.496 e. The van der Waals surface area contributed by atoms with Gasteiger partial charge in [0.25, 0.3) is 0 Å². The summed E-state index contributed by atoms with van der Waals surface area (Å²) in [5, 5.41) is 0. The van der Waals surface area contributed by atoms with E-state index in [2.05, 4.69) is 0 Å². The fraction of sp³-hybridized carbons (Fsp3) is 0.385. The maximum Gasteiger partial charge on any atom is 0.231 e. The minimum Gasteiger partial charge on any atom is -0.496 e. The van der Waals surface area contributed by atoms with Crippen molar-refractivity contribution >= 4 is 23.1 Å². The lowest BCUT2D eigenvalue weighted by molar-refractivity contribution is -0.119. The van der Waals surface area contributed by atoms with E-state index in [0.29, 0.717) is 17.9 Å². The van der Waals surface area contributed by atoms with E-state index in [0.717, 1.165) is 12.1 Å². The highest BCUT2D eigenvalue weighted by atomic mass is 32.1. The van der Waals surface area contributed by atoms with Crippen molar-refractivity contribution in [1.29, 1.82) is 0 Å². The number of benzene rings is 1. The molecule has 0 spiro atoms. The maximum absolute atomic E-state index is 11.0. The minimum atomic E-state index is -0.343. The van der Waals surface area contributed by atoms with Crippen LogP contribution in [0.2, 0.25) is 0 Å². The maximum atomic E-state index is 11.0. The number of hydrogen-bond donors (Lipinski definition) is 2. The third kappa shape index (κ3) is 4.50. The van der Waals surface area contributed by atoms with Crippen molar-refractivity contribution in [3.8, 4) is 5.75 Å². The van der Waals surface area contributed by atoms with Gasteiger partial charge in [-0.15, -0.1) is 0 Å². The summed E-state index contributed by atoms with van der Waals surface area (Å²) in [5.74, 6) is 0.305. The van der Waals surface area contributed by atoms with Gasteiger partial charge in [0.1, 0.15) is 10.7 Å². The first-order valence-corrected chi connectivity index (χ1v) is 6.36. The lowest BCUT2D eigenvalue weighted by Gasteiger charge is -2.19. The van der Waals surface area contributed by atoms with Crippen molar-refractivity contribution in [2.24, 2.45) is 11.5 Å². The highest BCUT2D eigenvalue weighted by Gasteiger charge is 2.10. The molecule has 0 radical (unpaired) electrons. The van der Waals surface area contributed by atoms with Gasteiger partial charge in [0.2, 0.25) is 5.91 Å². The molecule has 1 aromatic rings. The Kier molecular flexibility index (Phi) is 5.72. The summed E-state index contributed by atoms with van der Waals surface area (Å²) >= 11 is 5.00. The number of nitrogens with zero attached hydrogens (tertiary/aromatic N) is 1. The third-order valence-electron chi connectivity index (χ3n) is 2.76. The van der Waals surface area contributed by atoms with Crippen LogP contribution in [0.4, 0.5) is 0 Å². The predicted octanol–water partition coefficient (Wildman–Crippen LogP) is 0.637. The van der Waals surface area contributed by atoms with Crippen molar-refractivity contribution in [3.05, 3.63) is 29.3 Å². The van der Waals surface area contributed by atoms with Crippen LogP contribution in [0, 0.1) is 0 Å². The Morgan fingerprint density at radius 3 is 2.58 bits per heavy atom. The average Bonchev–Trinajstić information content (AvgIpc) is 2.37. The van der Waals surface area contributed by atoms with Crippen molar-refractivity contribution < 1.29 is 9.53 Å². The van der Waals surface area contributed by atoms with Crippen molar-refractivity contribution in [3.63, 3.8) is 0 Å². The van der Waals surface area contributed by atoms with E-state index in [4.69, 9.17) is 28.4 Å². The molecule has 0 bridgehead atoms. The lowest BCUT2D eigenvalue weighted by atomic mass is 10.1. The van der Waals surface area contributed by atoms with Crippen molar-refractivity contribution in [1.82, 2.24) is 4.90 Å².